The van der Waals surface area contributed by atoms with Crippen molar-refractivity contribution in [2.24, 2.45) is 0 Å². The number of allylic oxidation sites excluding steroid dienone is 1. The average Bonchev–Trinajstić information content (AvgIpc) is 3.57. The highest BCUT2D eigenvalue weighted by Gasteiger charge is 2.31. The lowest BCUT2D eigenvalue weighted by Gasteiger charge is -2.17. The van der Waals surface area contributed by atoms with Crippen molar-refractivity contribution in [1.29, 1.82) is 0 Å². The molecule has 0 amide bonds. The van der Waals surface area contributed by atoms with Gasteiger partial charge >= 0.3 is 5.76 Å². The summed E-state index contributed by atoms with van der Waals surface area (Å²) in [5.41, 5.74) is 10.4. The molecule has 37 heavy (non-hydrogen) atoms. The smallest absolute Gasteiger partial charge is 0.439 e. The highest BCUT2D eigenvalue weighted by atomic mass is 16.5. The van der Waals surface area contributed by atoms with Crippen molar-refractivity contribution in [3.63, 3.8) is 0 Å². The van der Waals surface area contributed by atoms with Crippen LogP contribution < -0.4 is 10.5 Å². The highest BCUT2D eigenvalue weighted by molar-refractivity contribution is 6.00. The maximum atomic E-state index is 11.8. The Bertz CT molecular complexity index is 1800. The summed E-state index contributed by atoms with van der Waals surface area (Å²) >= 11 is 0. The molecule has 2 aliphatic rings. The Morgan fingerprint density at radius 1 is 1.05 bits per heavy atom. The largest absolute Gasteiger partial charge is 0.488 e. The molecule has 3 heterocycles. The van der Waals surface area contributed by atoms with E-state index < -0.39 is 5.76 Å². The van der Waals surface area contributed by atoms with Gasteiger partial charge in [-0.1, -0.05) is 35.5 Å². The fourth-order valence-electron chi connectivity index (χ4n) is 5.50. The molecule has 0 atom stereocenters. The van der Waals surface area contributed by atoms with Crippen molar-refractivity contribution in [2.45, 2.75) is 46.1 Å². The minimum Gasteiger partial charge on any atom is -0.488 e. The van der Waals surface area contributed by atoms with Gasteiger partial charge in [-0.3, -0.25) is 14.1 Å². The molecule has 1 aliphatic carbocycles. The fraction of sp³-hybridized carbons (Fsp3) is 0.233. The van der Waals surface area contributed by atoms with Gasteiger partial charge in [0.25, 0.3) is 0 Å². The molecule has 0 spiro atoms. The van der Waals surface area contributed by atoms with Crippen molar-refractivity contribution in [2.75, 3.05) is 0 Å². The van der Waals surface area contributed by atoms with E-state index in [9.17, 15) is 4.79 Å². The first-order chi connectivity index (χ1) is 18.0. The van der Waals surface area contributed by atoms with Gasteiger partial charge in [-0.15, -0.1) is 0 Å². The molecule has 7 heteroatoms. The monoisotopic (exact) mass is 490 g/mol. The zero-order valence-electron chi connectivity index (χ0n) is 21.0. The van der Waals surface area contributed by atoms with Gasteiger partial charge in [-0.05, 0) is 85.7 Å². The number of fused-ring (bicyclic) bond motifs is 3. The number of aromatic amines is 1. The molecule has 7 rings (SSSR count). The van der Waals surface area contributed by atoms with Gasteiger partial charge in [0.1, 0.15) is 18.2 Å². The summed E-state index contributed by atoms with van der Waals surface area (Å²) in [6, 6.07) is 19.0. The van der Waals surface area contributed by atoms with Gasteiger partial charge in [0.15, 0.2) is 5.82 Å². The number of nitrogens with one attached hydrogen (secondary N) is 1. The van der Waals surface area contributed by atoms with E-state index >= 15 is 0 Å². The maximum absolute atomic E-state index is 11.8. The van der Waals surface area contributed by atoms with Crippen molar-refractivity contribution < 1.29 is 9.26 Å². The zero-order valence-corrected chi connectivity index (χ0v) is 21.0. The third-order valence-electron chi connectivity index (χ3n) is 7.51. The highest BCUT2D eigenvalue weighted by Crippen LogP contribution is 2.45. The van der Waals surface area contributed by atoms with Gasteiger partial charge in [0.2, 0.25) is 0 Å². The number of hydrogen-bond acceptors (Lipinski definition) is 5. The Labute approximate surface area is 213 Å². The number of nitrogens with zero attached hydrogens (tertiary/aromatic N) is 3. The number of aromatic nitrogens is 4. The summed E-state index contributed by atoms with van der Waals surface area (Å²) < 4.78 is 13.5. The van der Waals surface area contributed by atoms with E-state index in [0.717, 1.165) is 61.7 Å². The third kappa shape index (κ3) is 3.45. The van der Waals surface area contributed by atoms with E-state index in [2.05, 4.69) is 71.0 Å². The number of hydrogen-bond donors (Lipinski definition) is 1. The van der Waals surface area contributed by atoms with Crippen LogP contribution in [-0.2, 0) is 6.61 Å². The van der Waals surface area contributed by atoms with E-state index in [1.165, 1.54) is 18.4 Å². The van der Waals surface area contributed by atoms with Crippen molar-refractivity contribution in [3.8, 4) is 11.4 Å². The predicted octanol–water partition coefficient (Wildman–Crippen LogP) is 6.07. The van der Waals surface area contributed by atoms with Gasteiger partial charge in [-0.2, -0.15) is 0 Å². The van der Waals surface area contributed by atoms with Gasteiger partial charge in [0, 0.05) is 22.7 Å². The molecule has 0 bridgehead atoms. The summed E-state index contributed by atoms with van der Waals surface area (Å²) in [4.78, 5) is 19.6. The van der Waals surface area contributed by atoms with Crippen LogP contribution in [0.1, 0.15) is 65.1 Å². The van der Waals surface area contributed by atoms with E-state index in [1.54, 1.807) is 0 Å². The predicted molar refractivity (Wildman–Crippen MR) is 142 cm³/mol. The molecule has 5 aromatic rings. The molecule has 3 aromatic carbocycles. The summed E-state index contributed by atoms with van der Waals surface area (Å²) in [6.45, 7) is 6.58. The van der Waals surface area contributed by atoms with Crippen molar-refractivity contribution in [1.82, 2.24) is 19.7 Å². The molecule has 1 saturated carbocycles. The van der Waals surface area contributed by atoms with Gasteiger partial charge in [0.05, 0.1) is 11.0 Å². The molecule has 1 N–H and O–H groups in total. The van der Waals surface area contributed by atoms with Crippen LogP contribution in [0.4, 0.5) is 0 Å². The molecular formula is C30H26N4O3. The van der Waals surface area contributed by atoms with Crippen LogP contribution in [0.15, 0.2) is 63.9 Å². The molecule has 0 unspecified atom stereocenters. The first kappa shape index (κ1) is 21.9. The topological polar surface area (TPSA) is 85.9 Å². The minimum absolute atomic E-state index is 0.415. The number of H-pyrrole nitrogens is 1. The zero-order chi connectivity index (χ0) is 25.3. The lowest BCUT2D eigenvalue weighted by molar-refractivity contribution is 0.307. The molecule has 0 saturated heterocycles. The lowest BCUT2D eigenvalue weighted by atomic mass is 9.88. The number of rotatable bonds is 3. The second-order valence-electron chi connectivity index (χ2n) is 10.0. The maximum Gasteiger partial charge on any atom is 0.439 e. The van der Waals surface area contributed by atoms with E-state index in [-0.39, 0.29) is 0 Å². The Hall–Kier alpha value is -4.39. The molecule has 7 nitrogen and oxygen atoms in total. The standard InChI is InChI=1S/C30H26N4O3/c1-16-6-5-9-24-25(16)26(18(3)28-32-30(35)37-33-28)22-13-12-21(14-20(22)15-36-24)34-23-8-4-7-17(2)27(23)31-29(34)19-10-11-19/h4-9,12-14,19H,10-11,15H2,1-3H3,(H,32,33,35)/b26-18-. The van der Waals surface area contributed by atoms with Crippen LogP contribution >= 0.6 is 0 Å². The van der Waals surface area contributed by atoms with Gasteiger partial charge in [-0.25, -0.2) is 9.78 Å². The third-order valence-corrected chi connectivity index (χ3v) is 7.51. The second-order valence-corrected chi connectivity index (χ2v) is 10.0. The van der Waals surface area contributed by atoms with Crippen LogP contribution in [0.25, 0.3) is 27.9 Å². The quantitative estimate of drug-likeness (QED) is 0.332. The van der Waals surface area contributed by atoms with Crippen LogP contribution in [0.3, 0.4) is 0 Å². The normalized spacial score (nSPS) is 16.2. The number of imidazole rings is 1. The van der Waals surface area contributed by atoms with Crippen molar-refractivity contribution in [3.05, 3.63) is 105 Å². The molecule has 2 aromatic heterocycles. The number of aryl methyl sites for hydroxylation is 2. The van der Waals surface area contributed by atoms with Crippen LogP contribution in [0.5, 0.6) is 5.75 Å². The molecule has 1 aliphatic heterocycles. The van der Waals surface area contributed by atoms with E-state index in [0.29, 0.717) is 18.3 Å². The summed E-state index contributed by atoms with van der Waals surface area (Å²) in [5, 5.41) is 3.98. The molecular weight excluding hydrogens is 464 g/mol. The summed E-state index contributed by atoms with van der Waals surface area (Å²) in [7, 11) is 0. The number of benzene rings is 3. The number of ether oxygens (including phenoxy) is 1. The average molecular weight is 491 g/mol. The Kier molecular flexibility index (Phi) is 4.76. The molecule has 184 valence electrons. The Morgan fingerprint density at radius 2 is 1.86 bits per heavy atom. The summed E-state index contributed by atoms with van der Waals surface area (Å²) in [5.74, 6) is 2.27. The van der Waals surface area contributed by atoms with Crippen LogP contribution in [0, 0.1) is 13.8 Å². The summed E-state index contributed by atoms with van der Waals surface area (Å²) in [6.07, 6.45) is 2.35. The molecule has 0 radical (unpaired) electrons. The van der Waals surface area contributed by atoms with Crippen LogP contribution in [0.2, 0.25) is 0 Å². The Balaban J connectivity index is 1.48. The van der Waals surface area contributed by atoms with Crippen LogP contribution in [-0.4, -0.2) is 19.7 Å². The molecule has 1 fully saturated rings. The first-order valence-electron chi connectivity index (χ1n) is 12.6. The minimum atomic E-state index is -0.574. The first-order valence-corrected chi connectivity index (χ1v) is 12.6. The fourth-order valence-corrected chi connectivity index (χ4v) is 5.50. The number of para-hydroxylation sites is 1. The van der Waals surface area contributed by atoms with E-state index in [4.69, 9.17) is 14.2 Å². The lowest BCUT2D eigenvalue weighted by Crippen LogP contribution is -2.04. The Morgan fingerprint density at radius 3 is 2.65 bits per heavy atom. The van der Waals surface area contributed by atoms with Crippen molar-refractivity contribution >= 4 is 22.2 Å². The SMILES string of the molecule is C/C(=C1\c2ccc(-n3c(C4CC4)nc4c(C)cccc43)cc2COc2cccc(C)c21)c1noc(=O)[nH]1. The second kappa shape index (κ2) is 8.06. The van der Waals surface area contributed by atoms with E-state index in [1.807, 2.05) is 19.1 Å². The van der Waals surface area contributed by atoms with Gasteiger partial charge < -0.3 is 4.74 Å².